The highest BCUT2D eigenvalue weighted by Crippen LogP contribution is 2.67. The summed E-state index contributed by atoms with van der Waals surface area (Å²) in [4.78, 5) is 69.4. The van der Waals surface area contributed by atoms with Crippen LogP contribution in [0, 0.1) is 28.1 Å². The summed E-state index contributed by atoms with van der Waals surface area (Å²) in [6.45, 7) is 14.1. The fourth-order valence-electron chi connectivity index (χ4n) is 10.5. The van der Waals surface area contributed by atoms with E-state index in [1.165, 1.54) is 6.92 Å². The highest BCUT2D eigenvalue weighted by Gasteiger charge is 2.73. The lowest BCUT2D eigenvalue weighted by molar-refractivity contribution is -0.302. The van der Waals surface area contributed by atoms with Crippen LogP contribution in [0.2, 0.25) is 0 Å². The van der Waals surface area contributed by atoms with Crippen LogP contribution in [0.3, 0.4) is 0 Å². The molecule has 2 aromatic carbocycles. The van der Waals surface area contributed by atoms with Crippen LogP contribution in [-0.4, -0.2) is 82.5 Å². The van der Waals surface area contributed by atoms with E-state index in [1.807, 2.05) is 13.8 Å². The number of nitrogens with one attached hydrogen (secondary N) is 1. The molecule has 6 rings (SSSR count). The van der Waals surface area contributed by atoms with Crippen molar-refractivity contribution in [3.8, 4) is 0 Å². The van der Waals surface area contributed by atoms with Gasteiger partial charge in [0.2, 0.25) is 6.10 Å². The summed E-state index contributed by atoms with van der Waals surface area (Å²) in [5.41, 5.74) is -3.52. The molecule has 1 heterocycles. The van der Waals surface area contributed by atoms with Gasteiger partial charge in [-0.05, 0) is 60.9 Å². The van der Waals surface area contributed by atoms with Crippen LogP contribution in [0.4, 0.5) is 0 Å². The summed E-state index contributed by atoms with van der Waals surface area (Å²) in [6.07, 6.45) is -5.38. The summed E-state index contributed by atoms with van der Waals surface area (Å²) in [6, 6.07) is 15.9. The van der Waals surface area contributed by atoms with Crippen LogP contribution in [0.15, 0.2) is 71.8 Å². The molecule has 302 valence electrons. The van der Waals surface area contributed by atoms with Gasteiger partial charge in [-0.3, -0.25) is 19.2 Å². The van der Waals surface area contributed by atoms with Crippen molar-refractivity contribution in [2.75, 3.05) is 6.61 Å². The van der Waals surface area contributed by atoms with Crippen LogP contribution >= 0.6 is 0 Å². The molecule has 3 N–H and O–H groups in total. The first-order chi connectivity index (χ1) is 26.3. The average molecular weight is 774 g/mol. The molecular formula is C44H55NO11. The summed E-state index contributed by atoms with van der Waals surface area (Å²) in [7, 11) is 0. The number of benzene rings is 2. The maximum Gasteiger partial charge on any atom is 0.350 e. The number of Topliss-reactive ketones (excluding diaryl/α,β-unsaturated/α-hetero) is 1. The monoisotopic (exact) mass is 773 g/mol. The van der Waals surface area contributed by atoms with Gasteiger partial charge in [0.1, 0.15) is 12.1 Å². The summed E-state index contributed by atoms with van der Waals surface area (Å²) in [5, 5.41) is 27.9. The van der Waals surface area contributed by atoms with E-state index < -0.39 is 93.7 Å². The summed E-state index contributed by atoms with van der Waals surface area (Å²) in [5.74, 6) is -4.73. The van der Waals surface area contributed by atoms with Gasteiger partial charge < -0.3 is 34.5 Å². The van der Waals surface area contributed by atoms with E-state index in [0.29, 0.717) is 29.7 Å². The third kappa shape index (κ3) is 6.67. The molecular weight excluding hydrogens is 718 g/mol. The average Bonchev–Trinajstić information content (AvgIpc) is 3.15. The number of rotatable bonds is 10. The van der Waals surface area contributed by atoms with E-state index in [4.69, 9.17) is 18.9 Å². The zero-order valence-corrected chi connectivity index (χ0v) is 33.5. The molecule has 2 aromatic rings. The molecule has 1 aliphatic heterocycles. The van der Waals surface area contributed by atoms with Gasteiger partial charge >= 0.3 is 17.9 Å². The van der Waals surface area contributed by atoms with E-state index in [0.717, 1.165) is 0 Å². The SMILES string of the molecule is CCCC(=O)O[C@@H](C(=O)O[C@H]1C[C@@]2(O)[C@@H](C)C3[C@]4(C)CO[C@@H]4C[C@H](O)[C@@]3(C)C(=O)[C@H](OC(C)=O)C(=C1C)C2(C)C)[C@@H](NC(=O)c1ccccc1)c1ccccc1. The van der Waals surface area contributed by atoms with Crippen LogP contribution in [0.5, 0.6) is 0 Å². The number of hydrogen-bond donors (Lipinski definition) is 3. The Balaban J connectivity index is 1.47. The van der Waals surface area contributed by atoms with Gasteiger partial charge in [0.25, 0.3) is 5.91 Å². The van der Waals surface area contributed by atoms with Crippen LogP contribution in [0.1, 0.15) is 103 Å². The molecule has 56 heavy (non-hydrogen) atoms. The molecule has 12 nitrogen and oxygen atoms in total. The van der Waals surface area contributed by atoms with Gasteiger partial charge in [0.05, 0.1) is 29.8 Å². The van der Waals surface area contributed by atoms with E-state index in [9.17, 15) is 29.4 Å². The molecule has 12 heteroatoms. The standard InChI is InChI=1S/C44H55NO11/c1-9-16-32(48)56-36(34(27-17-12-10-13-18-27)45-39(50)28-19-14-11-15-20-28)40(51)55-29-22-44(52)25(3)37-42(7)23-53-31(42)21-30(47)43(37,8)38(49)35(54-26(4)46)33(24(29)2)41(44,5)6/h10-15,17-20,25,29-31,34-37,47,52H,9,16,21-23H2,1-8H3,(H,45,50)/t25-,29-,30-,31+,34-,35+,36+,37?,42+,43+,44+/m0/s1. The molecule has 2 bridgehead atoms. The molecule has 11 atom stereocenters. The quantitative estimate of drug-likeness (QED) is 0.165. The number of fused-ring (bicyclic) bond motifs is 5. The Morgan fingerprint density at radius 3 is 2.18 bits per heavy atom. The van der Waals surface area contributed by atoms with E-state index in [1.54, 1.807) is 95.3 Å². The topological polar surface area (TPSA) is 175 Å². The molecule has 0 radical (unpaired) electrons. The number of hydrogen-bond acceptors (Lipinski definition) is 11. The first-order valence-corrected chi connectivity index (χ1v) is 19.6. The van der Waals surface area contributed by atoms with Crippen molar-refractivity contribution in [3.05, 3.63) is 82.9 Å². The number of amides is 1. The van der Waals surface area contributed by atoms with Gasteiger partial charge in [-0.2, -0.15) is 0 Å². The highest BCUT2D eigenvalue weighted by molar-refractivity contribution is 5.96. The number of esters is 3. The molecule has 1 unspecified atom stereocenters. The molecule has 1 saturated heterocycles. The van der Waals surface area contributed by atoms with Crippen molar-refractivity contribution >= 4 is 29.6 Å². The molecule has 4 aliphatic rings. The minimum atomic E-state index is -1.70. The lowest BCUT2D eigenvalue weighted by Crippen LogP contribution is -2.75. The zero-order chi connectivity index (χ0) is 41.0. The molecule has 1 amide bonds. The second-order valence-corrected chi connectivity index (χ2v) is 17.1. The third-order valence-corrected chi connectivity index (χ3v) is 13.5. The van der Waals surface area contributed by atoms with Crippen molar-refractivity contribution in [1.29, 1.82) is 0 Å². The van der Waals surface area contributed by atoms with Crippen LogP contribution < -0.4 is 5.32 Å². The summed E-state index contributed by atoms with van der Waals surface area (Å²) < 4.78 is 24.0. The van der Waals surface area contributed by atoms with Gasteiger partial charge in [0.15, 0.2) is 11.9 Å². The fourth-order valence-corrected chi connectivity index (χ4v) is 10.5. The number of ether oxygens (including phenoxy) is 4. The smallest absolute Gasteiger partial charge is 0.350 e. The predicted molar refractivity (Wildman–Crippen MR) is 204 cm³/mol. The van der Waals surface area contributed by atoms with Crippen LogP contribution in [-0.2, 0) is 38.1 Å². The highest BCUT2D eigenvalue weighted by atomic mass is 16.6. The number of carbonyl (C=O) groups is 5. The predicted octanol–water partition coefficient (Wildman–Crippen LogP) is 5.20. The Labute approximate surface area is 328 Å². The number of aliphatic hydroxyl groups is 2. The molecule has 2 saturated carbocycles. The van der Waals surface area contributed by atoms with Gasteiger partial charge in [-0.1, -0.05) is 83.1 Å². The first-order valence-electron chi connectivity index (χ1n) is 19.6. The molecule has 3 fully saturated rings. The molecule has 0 aromatic heterocycles. The number of carbonyl (C=O) groups excluding carboxylic acids is 5. The van der Waals surface area contributed by atoms with Crippen molar-refractivity contribution in [2.24, 2.45) is 28.1 Å². The van der Waals surface area contributed by atoms with Gasteiger partial charge in [0, 0.05) is 42.6 Å². The zero-order valence-electron chi connectivity index (χ0n) is 33.5. The Kier molecular flexibility index (Phi) is 11.2. The molecule has 0 spiro atoms. The lowest BCUT2D eigenvalue weighted by atomic mass is 9.40. The minimum Gasteiger partial charge on any atom is -0.455 e. The Bertz CT molecular complexity index is 1890. The maximum atomic E-state index is 15.1. The van der Waals surface area contributed by atoms with E-state index in [-0.39, 0.29) is 30.9 Å². The van der Waals surface area contributed by atoms with E-state index in [2.05, 4.69) is 5.32 Å². The van der Waals surface area contributed by atoms with Crippen molar-refractivity contribution in [3.63, 3.8) is 0 Å². The number of ketones is 1. The van der Waals surface area contributed by atoms with Crippen molar-refractivity contribution < 1.29 is 53.1 Å². The second-order valence-electron chi connectivity index (χ2n) is 17.1. The third-order valence-electron chi connectivity index (χ3n) is 13.5. The normalized spacial score (nSPS) is 34.2. The van der Waals surface area contributed by atoms with E-state index >= 15 is 4.79 Å². The first kappa shape index (κ1) is 41.2. The van der Waals surface area contributed by atoms with Crippen molar-refractivity contribution in [2.45, 2.75) is 123 Å². The van der Waals surface area contributed by atoms with Gasteiger partial charge in [-0.15, -0.1) is 0 Å². The lowest BCUT2D eigenvalue weighted by Gasteiger charge is -2.68. The molecule has 3 aliphatic carbocycles. The number of aliphatic hydroxyl groups excluding tert-OH is 1. The van der Waals surface area contributed by atoms with Crippen LogP contribution in [0.25, 0.3) is 0 Å². The fraction of sp³-hybridized carbons (Fsp3) is 0.568. The van der Waals surface area contributed by atoms with Gasteiger partial charge in [-0.25, -0.2) is 4.79 Å². The Morgan fingerprint density at radius 1 is 0.982 bits per heavy atom. The Hall–Kier alpha value is -4.39. The largest absolute Gasteiger partial charge is 0.455 e. The maximum absolute atomic E-state index is 15.1. The van der Waals surface area contributed by atoms with Crippen molar-refractivity contribution in [1.82, 2.24) is 5.32 Å². The summed E-state index contributed by atoms with van der Waals surface area (Å²) >= 11 is 0. The Morgan fingerprint density at radius 2 is 1.61 bits per heavy atom. The second kappa shape index (κ2) is 15.2. The minimum absolute atomic E-state index is 0.00244.